The molecule has 0 aliphatic heterocycles. The highest BCUT2D eigenvalue weighted by Crippen LogP contribution is 2.08. The first kappa shape index (κ1) is 11.8. The van der Waals surface area contributed by atoms with Gasteiger partial charge < -0.3 is 15.0 Å². The smallest absolute Gasteiger partial charge is 0.325 e. The first-order valence-electron chi connectivity index (χ1n) is 4.98. The highest BCUT2D eigenvalue weighted by molar-refractivity contribution is 5.75. The minimum Gasteiger partial charge on any atom is -0.459 e. The van der Waals surface area contributed by atoms with Crippen molar-refractivity contribution < 1.29 is 9.53 Å². The molecule has 1 atom stereocenters. The normalized spacial score (nSPS) is 13.6. The van der Waals surface area contributed by atoms with Gasteiger partial charge in [-0.1, -0.05) is 0 Å². The zero-order chi connectivity index (χ0) is 11.5. The fourth-order valence-electron chi connectivity index (χ4n) is 1.17. The number of aromatic nitrogens is 1. The lowest BCUT2D eigenvalue weighted by Crippen LogP contribution is -2.40. The molecule has 0 amide bonds. The summed E-state index contributed by atoms with van der Waals surface area (Å²) in [6.45, 7) is 5.93. The molecule has 0 bridgehead atoms. The number of ether oxygens (including phenoxy) is 1. The highest BCUT2D eigenvalue weighted by Gasteiger charge is 2.21. The Balaban J connectivity index is 2.47. The maximum absolute atomic E-state index is 11.5. The summed E-state index contributed by atoms with van der Waals surface area (Å²) < 4.78 is 7.03. The third-order valence-corrected chi connectivity index (χ3v) is 1.78. The summed E-state index contributed by atoms with van der Waals surface area (Å²) in [5.41, 5.74) is 5.24. The number of carbonyl (C=O) groups is 1. The lowest BCUT2D eigenvalue weighted by molar-refractivity contribution is -0.156. The summed E-state index contributed by atoms with van der Waals surface area (Å²) in [6.07, 6.45) is 3.73. The van der Waals surface area contributed by atoms with E-state index >= 15 is 0 Å². The van der Waals surface area contributed by atoms with E-state index in [1.807, 2.05) is 49.9 Å². The molecule has 0 aliphatic carbocycles. The predicted molar refractivity (Wildman–Crippen MR) is 58.3 cm³/mol. The van der Waals surface area contributed by atoms with Gasteiger partial charge in [0.15, 0.2) is 0 Å². The molecular weight excluding hydrogens is 192 g/mol. The van der Waals surface area contributed by atoms with E-state index < -0.39 is 11.6 Å². The van der Waals surface area contributed by atoms with E-state index in [9.17, 15) is 4.79 Å². The van der Waals surface area contributed by atoms with Crippen molar-refractivity contribution in [1.29, 1.82) is 0 Å². The standard InChI is InChI=1S/C11H18N2O2/c1-11(2,3)15-10(14)9(12)8-13-6-4-5-7-13/h4-7,9H,8,12H2,1-3H3. The van der Waals surface area contributed by atoms with Crippen LogP contribution in [-0.2, 0) is 16.1 Å². The van der Waals surface area contributed by atoms with Gasteiger partial charge in [-0.3, -0.25) is 4.79 Å². The third kappa shape index (κ3) is 4.16. The number of hydrogen-bond donors (Lipinski definition) is 1. The molecule has 84 valence electrons. The number of nitrogens with two attached hydrogens (primary N) is 1. The molecule has 0 aliphatic rings. The lowest BCUT2D eigenvalue weighted by atomic mass is 10.2. The van der Waals surface area contributed by atoms with E-state index in [1.54, 1.807) is 0 Å². The average molecular weight is 210 g/mol. The summed E-state index contributed by atoms with van der Waals surface area (Å²) in [7, 11) is 0. The molecule has 1 aromatic heterocycles. The Kier molecular flexibility index (Phi) is 3.52. The molecule has 4 nitrogen and oxygen atoms in total. The molecular formula is C11H18N2O2. The molecule has 0 fully saturated rings. The number of nitrogens with zero attached hydrogens (tertiary/aromatic N) is 1. The van der Waals surface area contributed by atoms with Crippen LogP contribution in [0.4, 0.5) is 0 Å². The van der Waals surface area contributed by atoms with Crippen molar-refractivity contribution in [3.05, 3.63) is 24.5 Å². The minimum atomic E-state index is -0.614. The second kappa shape index (κ2) is 4.49. The van der Waals surface area contributed by atoms with E-state index in [-0.39, 0.29) is 5.97 Å². The summed E-state index contributed by atoms with van der Waals surface area (Å²) >= 11 is 0. The van der Waals surface area contributed by atoms with Crippen LogP contribution in [0.1, 0.15) is 20.8 Å². The Morgan fingerprint density at radius 3 is 2.40 bits per heavy atom. The van der Waals surface area contributed by atoms with Gasteiger partial charge in [0, 0.05) is 18.9 Å². The Morgan fingerprint density at radius 1 is 1.40 bits per heavy atom. The van der Waals surface area contributed by atoms with E-state index in [2.05, 4.69) is 0 Å². The maximum Gasteiger partial charge on any atom is 0.325 e. The van der Waals surface area contributed by atoms with Gasteiger partial charge in [0.2, 0.25) is 0 Å². The van der Waals surface area contributed by atoms with Crippen molar-refractivity contribution in [3.8, 4) is 0 Å². The number of rotatable bonds is 3. The van der Waals surface area contributed by atoms with Crippen LogP contribution in [0.25, 0.3) is 0 Å². The van der Waals surface area contributed by atoms with Crippen molar-refractivity contribution in [3.63, 3.8) is 0 Å². The Bertz CT molecular complexity index is 312. The Morgan fingerprint density at radius 2 is 1.93 bits per heavy atom. The van der Waals surface area contributed by atoms with Gasteiger partial charge >= 0.3 is 5.97 Å². The lowest BCUT2D eigenvalue weighted by Gasteiger charge is -2.22. The van der Waals surface area contributed by atoms with E-state index in [4.69, 9.17) is 10.5 Å². The number of hydrogen-bond acceptors (Lipinski definition) is 3. The molecule has 0 aromatic carbocycles. The molecule has 0 spiro atoms. The second-order valence-corrected chi connectivity index (χ2v) is 4.52. The van der Waals surface area contributed by atoms with Crippen LogP contribution in [0.5, 0.6) is 0 Å². The number of carbonyl (C=O) groups excluding carboxylic acids is 1. The molecule has 1 aromatic rings. The molecule has 0 saturated heterocycles. The quantitative estimate of drug-likeness (QED) is 0.761. The molecule has 4 heteroatoms. The van der Waals surface area contributed by atoms with E-state index in [0.717, 1.165) is 0 Å². The zero-order valence-electron chi connectivity index (χ0n) is 9.43. The van der Waals surface area contributed by atoms with Crippen molar-refractivity contribution in [2.75, 3.05) is 0 Å². The topological polar surface area (TPSA) is 57.2 Å². The van der Waals surface area contributed by atoms with Crippen molar-refractivity contribution in [2.45, 2.75) is 39.0 Å². The van der Waals surface area contributed by atoms with Gasteiger partial charge in [0.25, 0.3) is 0 Å². The monoisotopic (exact) mass is 210 g/mol. The van der Waals surface area contributed by atoms with Gasteiger partial charge in [0.1, 0.15) is 11.6 Å². The largest absolute Gasteiger partial charge is 0.459 e. The van der Waals surface area contributed by atoms with Gasteiger partial charge in [-0.05, 0) is 32.9 Å². The highest BCUT2D eigenvalue weighted by atomic mass is 16.6. The zero-order valence-corrected chi connectivity index (χ0v) is 9.43. The summed E-state index contributed by atoms with van der Waals surface area (Å²) in [6, 6.07) is 3.17. The summed E-state index contributed by atoms with van der Waals surface area (Å²) in [4.78, 5) is 11.5. The molecule has 1 unspecified atom stereocenters. The van der Waals surface area contributed by atoms with Crippen molar-refractivity contribution >= 4 is 5.97 Å². The van der Waals surface area contributed by atoms with Crippen LogP contribution in [0, 0.1) is 0 Å². The van der Waals surface area contributed by atoms with E-state index in [0.29, 0.717) is 6.54 Å². The minimum absolute atomic E-state index is 0.365. The van der Waals surface area contributed by atoms with Crippen LogP contribution in [-0.4, -0.2) is 22.2 Å². The van der Waals surface area contributed by atoms with Crippen LogP contribution >= 0.6 is 0 Å². The Hall–Kier alpha value is -1.29. The first-order chi connectivity index (χ1) is 6.88. The predicted octanol–water partition coefficient (Wildman–Crippen LogP) is 1.16. The number of esters is 1. The molecule has 0 radical (unpaired) electrons. The van der Waals surface area contributed by atoms with Crippen LogP contribution < -0.4 is 5.73 Å². The van der Waals surface area contributed by atoms with E-state index in [1.165, 1.54) is 0 Å². The fourth-order valence-corrected chi connectivity index (χ4v) is 1.17. The van der Waals surface area contributed by atoms with Gasteiger partial charge in [-0.25, -0.2) is 0 Å². The SMILES string of the molecule is CC(C)(C)OC(=O)C(N)Cn1cccc1. The van der Waals surface area contributed by atoms with Gasteiger partial charge in [0.05, 0.1) is 0 Å². The van der Waals surface area contributed by atoms with Crippen molar-refractivity contribution in [2.24, 2.45) is 5.73 Å². The average Bonchev–Trinajstić information content (AvgIpc) is 2.53. The molecule has 15 heavy (non-hydrogen) atoms. The fraction of sp³-hybridized carbons (Fsp3) is 0.545. The summed E-state index contributed by atoms with van der Waals surface area (Å²) in [5, 5.41) is 0. The van der Waals surface area contributed by atoms with Crippen LogP contribution in [0.3, 0.4) is 0 Å². The molecule has 0 saturated carbocycles. The van der Waals surface area contributed by atoms with Gasteiger partial charge in [-0.2, -0.15) is 0 Å². The molecule has 2 N–H and O–H groups in total. The van der Waals surface area contributed by atoms with Crippen LogP contribution in [0.15, 0.2) is 24.5 Å². The summed E-state index contributed by atoms with van der Waals surface area (Å²) in [5.74, 6) is -0.365. The Labute approximate surface area is 90.0 Å². The maximum atomic E-state index is 11.5. The molecule has 1 rings (SSSR count). The van der Waals surface area contributed by atoms with Crippen molar-refractivity contribution in [1.82, 2.24) is 4.57 Å². The van der Waals surface area contributed by atoms with Crippen LogP contribution in [0.2, 0.25) is 0 Å². The molecule has 1 heterocycles. The van der Waals surface area contributed by atoms with Gasteiger partial charge in [-0.15, -0.1) is 0 Å². The first-order valence-corrected chi connectivity index (χ1v) is 4.98. The third-order valence-electron chi connectivity index (χ3n) is 1.78. The second-order valence-electron chi connectivity index (χ2n) is 4.52.